The number of hydrogen-bond acceptors (Lipinski definition) is 3. The summed E-state index contributed by atoms with van der Waals surface area (Å²) in [5.74, 6) is 2.81. The largest absolute Gasteiger partial charge is 0.392 e. The summed E-state index contributed by atoms with van der Waals surface area (Å²) in [6.45, 7) is 1.20. The van der Waals surface area contributed by atoms with Crippen LogP contribution in [0.2, 0.25) is 0 Å². The Hall–Kier alpha value is -1.09. The molecule has 3 atom stereocenters. The molecule has 0 aromatic carbocycles. The fourth-order valence-electron chi connectivity index (χ4n) is 3.96. The molecular formula is C15H22N2O. The van der Waals surface area contributed by atoms with E-state index in [1.54, 1.807) is 6.20 Å². The van der Waals surface area contributed by atoms with E-state index in [1.165, 1.54) is 25.7 Å². The molecule has 2 aliphatic rings. The zero-order valence-electron chi connectivity index (χ0n) is 11.0. The molecule has 3 heteroatoms. The number of fused-ring (bicyclic) bond motifs is 2. The van der Waals surface area contributed by atoms with E-state index in [4.69, 9.17) is 0 Å². The third-order valence-corrected chi connectivity index (χ3v) is 4.85. The van der Waals surface area contributed by atoms with E-state index in [9.17, 15) is 5.11 Å². The second-order valence-corrected chi connectivity index (χ2v) is 5.98. The van der Waals surface area contributed by atoms with E-state index in [2.05, 4.69) is 16.9 Å². The molecule has 98 valence electrons. The molecule has 18 heavy (non-hydrogen) atoms. The molecule has 2 aliphatic carbocycles. The second kappa shape index (κ2) is 4.88. The van der Waals surface area contributed by atoms with Crippen LogP contribution in [-0.2, 0) is 6.61 Å². The van der Waals surface area contributed by atoms with E-state index in [-0.39, 0.29) is 6.61 Å². The highest BCUT2D eigenvalue weighted by Crippen LogP contribution is 2.48. The zero-order valence-corrected chi connectivity index (χ0v) is 11.0. The minimum Gasteiger partial charge on any atom is -0.392 e. The molecule has 0 aliphatic heterocycles. The number of aliphatic hydroxyl groups is 1. The fourth-order valence-corrected chi connectivity index (χ4v) is 3.96. The molecular weight excluding hydrogens is 224 g/mol. The van der Waals surface area contributed by atoms with Crippen LogP contribution >= 0.6 is 0 Å². The van der Waals surface area contributed by atoms with Gasteiger partial charge in [0.1, 0.15) is 0 Å². The molecule has 1 aromatic rings. The lowest BCUT2D eigenvalue weighted by Crippen LogP contribution is -2.29. The smallest absolute Gasteiger partial charge is 0.0717 e. The van der Waals surface area contributed by atoms with Crippen molar-refractivity contribution in [2.24, 2.45) is 17.8 Å². The van der Waals surface area contributed by atoms with Crippen LogP contribution in [0, 0.1) is 17.8 Å². The van der Waals surface area contributed by atoms with Crippen LogP contribution in [0.15, 0.2) is 18.5 Å². The lowest BCUT2D eigenvalue weighted by atomic mass is 9.88. The Labute approximate surface area is 109 Å². The zero-order chi connectivity index (χ0) is 12.5. The Kier molecular flexibility index (Phi) is 3.25. The standard InChI is InChI=1S/C15H22N2O/c1-17(15-4-5-16-8-14(15)10-18)9-13-7-11-2-3-12(13)6-11/h4-5,8,11-13,18H,2-3,6-7,9-10H2,1H3. The monoisotopic (exact) mass is 246 g/mol. The molecule has 3 rings (SSSR count). The van der Waals surface area contributed by atoms with Crippen LogP contribution in [0.4, 0.5) is 5.69 Å². The van der Waals surface area contributed by atoms with E-state index in [0.29, 0.717) is 0 Å². The van der Waals surface area contributed by atoms with Gasteiger partial charge in [-0.2, -0.15) is 0 Å². The minimum atomic E-state index is 0.0736. The third-order valence-electron chi connectivity index (χ3n) is 4.85. The van der Waals surface area contributed by atoms with Crippen molar-refractivity contribution >= 4 is 5.69 Å². The average Bonchev–Trinajstić information content (AvgIpc) is 3.01. The van der Waals surface area contributed by atoms with Gasteiger partial charge in [0.15, 0.2) is 0 Å². The summed E-state index contributed by atoms with van der Waals surface area (Å²) in [6, 6.07) is 2.01. The highest BCUT2D eigenvalue weighted by molar-refractivity contribution is 5.51. The van der Waals surface area contributed by atoms with Gasteiger partial charge in [0.05, 0.1) is 6.61 Å². The van der Waals surface area contributed by atoms with Crippen LogP contribution in [-0.4, -0.2) is 23.7 Å². The predicted molar refractivity (Wildman–Crippen MR) is 72.4 cm³/mol. The summed E-state index contributed by atoms with van der Waals surface area (Å²) in [5, 5.41) is 9.37. The van der Waals surface area contributed by atoms with Crippen molar-refractivity contribution in [3.05, 3.63) is 24.0 Å². The van der Waals surface area contributed by atoms with Gasteiger partial charge in [-0.25, -0.2) is 0 Å². The van der Waals surface area contributed by atoms with E-state index < -0.39 is 0 Å². The van der Waals surface area contributed by atoms with Crippen molar-refractivity contribution in [2.75, 3.05) is 18.5 Å². The molecule has 0 saturated heterocycles. The Morgan fingerprint density at radius 1 is 1.39 bits per heavy atom. The first-order chi connectivity index (χ1) is 8.78. The van der Waals surface area contributed by atoms with Crippen LogP contribution in [0.25, 0.3) is 0 Å². The molecule has 3 unspecified atom stereocenters. The molecule has 1 N–H and O–H groups in total. The molecule has 1 heterocycles. The van der Waals surface area contributed by atoms with Gasteiger partial charge in [-0.1, -0.05) is 6.42 Å². The number of pyridine rings is 1. The minimum absolute atomic E-state index is 0.0736. The van der Waals surface area contributed by atoms with Crippen molar-refractivity contribution in [2.45, 2.75) is 32.3 Å². The maximum Gasteiger partial charge on any atom is 0.0717 e. The Balaban J connectivity index is 1.69. The summed E-state index contributed by atoms with van der Waals surface area (Å²) < 4.78 is 0. The van der Waals surface area contributed by atoms with Crippen LogP contribution in [0.3, 0.4) is 0 Å². The molecule has 0 amide bonds. The first-order valence-electron chi connectivity index (χ1n) is 7.02. The lowest BCUT2D eigenvalue weighted by Gasteiger charge is -2.29. The fraction of sp³-hybridized carbons (Fsp3) is 0.667. The molecule has 1 aromatic heterocycles. The normalized spacial score (nSPS) is 29.8. The predicted octanol–water partition coefficient (Wildman–Crippen LogP) is 2.45. The van der Waals surface area contributed by atoms with Gasteiger partial charge in [0, 0.05) is 37.2 Å². The maximum absolute atomic E-state index is 9.37. The van der Waals surface area contributed by atoms with Crippen LogP contribution < -0.4 is 4.90 Å². The average molecular weight is 246 g/mol. The van der Waals surface area contributed by atoms with Crippen molar-refractivity contribution in [1.29, 1.82) is 0 Å². The molecule has 2 bridgehead atoms. The summed E-state index contributed by atoms with van der Waals surface area (Å²) in [7, 11) is 2.14. The Morgan fingerprint density at radius 2 is 2.28 bits per heavy atom. The molecule has 0 spiro atoms. The number of rotatable bonds is 4. The van der Waals surface area contributed by atoms with E-state index >= 15 is 0 Å². The second-order valence-electron chi connectivity index (χ2n) is 5.98. The molecule has 0 radical (unpaired) electrons. The molecule has 2 fully saturated rings. The summed E-state index contributed by atoms with van der Waals surface area (Å²) in [5.41, 5.74) is 2.07. The van der Waals surface area contributed by atoms with Gasteiger partial charge >= 0.3 is 0 Å². The van der Waals surface area contributed by atoms with Gasteiger partial charge in [-0.15, -0.1) is 0 Å². The summed E-state index contributed by atoms with van der Waals surface area (Å²) in [4.78, 5) is 6.39. The van der Waals surface area contributed by atoms with Gasteiger partial charge < -0.3 is 10.0 Å². The third kappa shape index (κ3) is 2.12. The first kappa shape index (κ1) is 12.0. The van der Waals surface area contributed by atoms with Crippen molar-refractivity contribution in [3.63, 3.8) is 0 Å². The highest BCUT2D eigenvalue weighted by Gasteiger charge is 2.39. The van der Waals surface area contributed by atoms with Gasteiger partial charge in [0.2, 0.25) is 0 Å². The number of aromatic nitrogens is 1. The van der Waals surface area contributed by atoms with E-state index in [0.717, 1.165) is 35.5 Å². The van der Waals surface area contributed by atoms with E-state index in [1.807, 2.05) is 12.3 Å². The Morgan fingerprint density at radius 3 is 2.94 bits per heavy atom. The van der Waals surface area contributed by atoms with Crippen molar-refractivity contribution in [1.82, 2.24) is 4.98 Å². The number of nitrogens with zero attached hydrogens (tertiary/aromatic N) is 2. The SMILES string of the molecule is CN(CC1CC2CCC1C2)c1ccncc1CO. The van der Waals surface area contributed by atoms with Gasteiger partial charge in [0.25, 0.3) is 0 Å². The number of anilines is 1. The van der Waals surface area contributed by atoms with Gasteiger partial charge in [-0.3, -0.25) is 4.98 Å². The molecule has 2 saturated carbocycles. The number of hydrogen-bond donors (Lipinski definition) is 1. The summed E-state index contributed by atoms with van der Waals surface area (Å²) >= 11 is 0. The van der Waals surface area contributed by atoms with Crippen LogP contribution in [0.5, 0.6) is 0 Å². The van der Waals surface area contributed by atoms with Gasteiger partial charge in [-0.05, 0) is 43.1 Å². The van der Waals surface area contributed by atoms with Crippen molar-refractivity contribution in [3.8, 4) is 0 Å². The first-order valence-corrected chi connectivity index (χ1v) is 7.02. The van der Waals surface area contributed by atoms with Crippen LogP contribution in [0.1, 0.15) is 31.2 Å². The van der Waals surface area contributed by atoms with Crippen molar-refractivity contribution < 1.29 is 5.11 Å². The number of aliphatic hydroxyl groups excluding tert-OH is 1. The highest BCUT2D eigenvalue weighted by atomic mass is 16.3. The topological polar surface area (TPSA) is 36.4 Å². The lowest BCUT2D eigenvalue weighted by molar-refractivity contribution is 0.281. The summed E-state index contributed by atoms with van der Waals surface area (Å²) in [6.07, 6.45) is 9.35. The maximum atomic E-state index is 9.37. The quantitative estimate of drug-likeness (QED) is 0.886. The molecule has 3 nitrogen and oxygen atoms in total. The Bertz CT molecular complexity index is 421.